The first-order valence-electron chi connectivity index (χ1n) is 3.04. The molecule has 0 atom stereocenters. The number of nitrogens with zero attached hydrogens (tertiary/aromatic N) is 2. The topological polar surface area (TPSA) is 33.0 Å². The van der Waals surface area contributed by atoms with Crippen molar-refractivity contribution >= 4 is 12.0 Å². The highest BCUT2D eigenvalue weighted by Gasteiger charge is 2.05. The Morgan fingerprint density at radius 2 is 2.10 bits per heavy atom. The average molecular weight is 161 g/mol. The summed E-state index contributed by atoms with van der Waals surface area (Å²) in [5, 5.41) is 9.92. The van der Waals surface area contributed by atoms with E-state index in [9.17, 15) is 0 Å². The number of nitriles is 1. The van der Waals surface area contributed by atoms with Crippen LogP contribution < -0.4 is 0 Å². The van der Waals surface area contributed by atoms with Crippen molar-refractivity contribution in [1.29, 1.82) is 5.26 Å². The SMILES string of the molecule is C[N+](C)(C)CCOSC#N. The maximum atomic E-state index is 8.08. The second-order valence-corrected chi connectivity index (χ2v) is 3.60. The van der Waals surface area contributed by atoms with E-state index in [1.165, 1.54) is 0 Å². The summed E-state index contributed by atoms with van der Waals surface area (Å²) in [5.41, 5.74) is 0. The molecule has 0 fully saturated rings. The van der Waals surface area contributed by atoms with Crippen LogP contribution in [0.25, 0.3) is 0 Å². The van der Waals surface area contributed by atoms with Crippen LogP contribution in [0, 0.1) is 10.7 Å². The number of likely N-dealkylation sites (N-methyl/N-ethyl adjacent to an activating group) is 1. The summed E-state index contributed by atoms with van der Waals surface area (Å²) < 4.78 is 5.77. The monoisotopic (exact) mass is 161 g/mol. The van der Waals surface area contributed by atoms with Crippen molar-refractivity contribution in [3.8, 4) is 5.40 Å². The van der Waals surface area contributed by atoms with Crippen LogP contribution in [0.1, 0.15) is 0 Å². The second kappa shape index (κ2) is 4.56. The minimum absolute atomic E-state index is 0.627. The number of hydrogen-bond donors (Lipinski definition) is 0. The van der Waals surface area contributed by atoms with Gasteiger partial charge in [0.05, 0.1) is 21.1 Å². The van der Waals surface area contributed by atoms with Crippen molar-refractivity contribution in [2.75, 3.05) is 34.3 Å². The number of thiocyanates is 1. The molecular formula is C6H13N2OS+. The van der Waals surface area contributed by atoms with Crippen LogP contribution in [-0.4, -0.2) is 38.8 Å². The minimum Gasteiger partial charge on any atom is -0.329 e. The van der Waals surface area contributed by atoms with Crippen molar-refractivity contribution in [2.45, 2.75) is 0 Å². The lowest BCUT2D eigenvalue weighted by atomic mass is 10.5. The lowest BCUT2D eigenvalue weighted by molar-refractivity contribution is -0.870. The smallest absolute Gasteiger partial charge is 0.163 e. The van der Waals surface area contributed by atoms with Crippen LogP contribution in [0.2, 0.25) is 0 Å². The normalized spacial score (nSPS) is 11.0. The number of quaternary nitrogens is 1. The van der Waals surface area contributed by atoms with E-state index < -0.39 is 0 Å². The van der Waals surface area contributed by atoms with Crippen molar-refractivity contribution in [3.05, 3.63) is 0 Å². The van der Waals surface area contributed by atoms with Crippen LogP contribution in [-0.2, 0) is 4.18 Å². The fourth-order valence-corrected chi connectivity index (χ4v) is 0.590. The Labute approximate surface area is 66.4 Å². The lowest BCUT2D eigenvalue weighted by Crippen LogP contribution is -2.37. The molecule has 0 aliphatic rings. The Balaban J connectivity index is 3.14. The van der Waals surface area contributed by atoms with Gasteiger partial charge >= 0.3 is 0 Å². The Hall–Kier alpha value is -0.240. The Bertz CT molecular complexity index is 125. The standard InChI is InChI=1S/C6H13N2OS/c1-8(2,3)4-5-9-10-6-7/h4-5H2,1-3H3/q+1. The third-order valence-corrected chi connectivity index (χ3v) is 1.30. The molecule has 0 unspecified atom stereocenters. The summed E-state index contributed by atoms with van der Waals surface area (Å²) in [5.74, 6) is 0. The first-order valence-corrected chi connectivity index (χ1v) is 3.78. The van der Waals surface area contributed by atoms with E-state index in [0.717, 1.165) is 23.1 Å². The van der Waals surface area contributed by atoms with Crippen LogP contribution >= 0.6 is 12.0 Å². The largest absolute Gasteiger partial charge is 0.329 e. The summed E-state index contributed by atoms with van der Waals surface area (Å²) in [4.78, 5) is 0. The zero-order valence-corrected chi connectivity index (χ0v) is 7.44. The molecule has 0 aromatic heterocycles. The van der Waals surface area contributed by atoms with E-state index in [0.29, 0.717) is 6.61 Å². The van der Waals surface area contributed by atoms with Crippen LogP contribution in [0.4, 0.5) is 0 Å². The first kappa shape index (κ1) is 9.76. The third-order valence-electron chi connectivity index (χ3n) is 0.942. The third kappa shape index (κ3) is 7.76. The van der Waals surface area contributed by atoms with Crippen LogP contribution in [0.15, 0.2) is 0 Å². The van der Waals surface area contributed by atoms with Crippen LogP contribution in [0.5, 0.6) is 0 Å². The fourth-order valence-electron chi connectivity index (χ4n) is 0.379. The van der Waals surface area contributed by atoms with Crippen molar-refractivity contribution in [3.63, 3.8) is 0 Å². The lowest BCUT2D eigenvalue weighted by Gasteiger charge is -2.22. The molecule has 0 aromatic carbocycles. The summed E-state index contributed by atoms with van der Waals surface area (Å²) in [6, 6.07) is 0. The molecule has 0 radical (unpaired) electrons. The molecule has 0 aromatic rings. The van der Waals surface area contributed by atoms with E-state index in [1.807, 2.05) is 5.40 Å². The summed E-state index contributed by atoms with van der Waals surface area (Å²) in [6.07, 6.45) is 0. The van der Waals surface area contributed by atoms with Gasteiger partial charge in [-0.05, 0) is 0 Å². The molecule has 4 heteroatoms. The Kier molecular flexibility index (Phi) is 4.45. The van der Waals surface area contributed by atoms with Crippen LogP contribution in [0.3, 0.4) is 0 Å². The minimum atomic E-state index is 0.627. The zero-order chi connectivity index (χ0) is 8.04. The molecule has 0 saturated heterocycles. The number of rotatable bonds is 4. The van der Waals surface area contributed by atoms with E-state index in [2.05, 4.69) is 21.1 Å². The highest BCUT2D eigenvalue weighted by atomic mass is 32.2. The van der Waals surface area contributed by atoms with Crippen molar-refractivity contribution in [1.82, 2.24) is 0 Å². The van der Waals surface area contributed by atoms with E-state index in [4.69, 9.17) is 9.44 Å². The van der Waals surface area contributed by atoms with Gasteiger partial charge in [0.1, 0.15) is 25.2 Å². The molecule has 10 heavy (non-hydrogen) atoms. The van der Waals surface area contributed by atoms with Gasteiger partial charge in [-0.3, -0.25) is 4.18 Å². The predicted molar refractivity (Wildman–Crippen MR) is 42.1 cm³/mol. The van der Waals surface area contributed by atoms with E-state index in [1.54, 1.807) is 0 Å². The molecule has 0 spiro atoms. The quantitative estimate of drug-likeness (QED) is 0.265. The van der Waals surface area contributed by atoms with Gasteiger partial charge in [0.15, 0.2) is 5.40 Å². The average Bonchev–Trinajstić information content (AvgIpc) is 1.78. The fraction of sp³-hybridized carbons (Fsp3) is 0.833. The highest BCUT2D eigenvalue weighted by molar-refractivity contribution is 7.99. The van der Waals surface area contributed by atoms with Crippen molar-refractivity contribution < 1.29 is 8.67 Å². The summed E-state index contributed by atoms with van der Waals surface area (Å²) >= 11 is 0.844. The molecule has 0 rings (SSSR count). The zero-order valence-electron chi connectivity index (χ0n) is 6.63. The van der Waals surface area contributed by atoms with Crippen molar-refractivity contribution in [2.24, 2.45) is 0 Å². The molecule has 0 heterocycles. The van der Waals surface area contributed by atoms with Gasteiger partial charge < -0.3 is 4.48 Å². The van der Waals surface area contributed by atoms with Gasteiger partial charge in [-0.1, -0.05) is 0 Å². The molecule has 0 saturated carbocycles. The Morgan fingerprint density at radius 1 is 1.50 bits per heavy atom. The van der Waals surface area contributed by atoms with E-state index >= 15 is 0 Å². The molecule has 0 bridgehead atoms. The van der Waals surface area contributed by atoms with E-state index in [-0.39, 0.29) is 0 Å². The highest BCUT2D eigenvalue weighted by Crippen LogP contribution is 1.99. The Morgan fingerprint density at radius 3 is 2.50 bits per heavy atom. The summed E-state index contributed by atoms with van der Waals surface area (Å²) in [7, 11) is 6.25. The first-order chi connectivity index (χ1) is 4.56. The maximum Gasteiger partial charge on any atom is 0.163 e. The second-order valence-electron chi connectivity index (χ2n) is 3.01. The summed E-state index contributed by atoms with van der Waals surface area (Å²) in [6.45, 7) is 1.55. The molecule has 0 amide bonds. The van der Waals surface area contributed by atoms with Gasteiger partial charge in [-0.2, -0.15) is 5.26 Å². The molecule has 3 nitrogen and oxygen atoms in total. The van der Waals surface area contributed by atoms with Gasteiger partial charge in [0.2, 0.25) is 0 Å². The van der Waals surface area contributed by atoms with Gasteiger partial charge in [0, 0.05) is 0 Å². The van der Waals surface area contributed by atoms with Gasteiger partial charge in [-0.25, -0.2) is 0 Å². The maximum absolute atomic E-state index is 8.08. The molecule has 0 aliphatic heterocycles. The molecule has 0 N–H and O–H groups in total. The van der Waals surface area contributed by atoms with Gasteiger partial charge in [0.25, 0.3) is 0 Å². The molecule has 0 aliphatic carbocycles. The van der Waals surface area contributed by atoms with Gasteiger partial charge in [-0.15, -0.1) is 0 Å². The molecule has 58 valence electrons. The number of hydrogen-bond acceptors (Lipinski definition) is 3. The predicted octanol–water partition coefficient (Wildman–Crippen LogP) is 0.838. The molecular weight excluding hydrogens is 148 g/mol.